The van der Waals surface area contributed by atoms with Crippen LogP contribution in [0.15, 0.2) is 0 Å². The lowest BCUT2D eigenvalue weighted by Gasteiger charge is -2.34. The fraction of sp³-hybridized carbons (Fsp3) is 0.846. The molecule has 0 spiro atoms. The van der Waals surface area contributed by atoms with E-state index in [-0.39, 0.29) is 32.2 Å². The molecule has 1 saturated heterocycles. The lowest BCUT2D eigenvalue weighted by Crippen LogP contribution is -2.61. The van der Waals surface area contributed by atoms with Gasteiger partial charge >= 0.3 is 5.97 Å². The van der Waals surface area contributed by atoms with E-state index < -0.39 is 90.8 Å². The first-order valence-corrected chi connectivity index (χ1v) is 20.3. The number of rotatable bonds is 21. The monoisotopic (exact) mass is 785 g/mol. The number of nitrogens with two attached hydrogens (primary N) is 1. The zero-order chi connectivity index (χ0) is 41.3. The molecule has 0 radical (unpaired) electrons. The molecule has 0 aromatic rings. The van der Waals surface area contributed by atoms with Gasteiger partial charge in [0.2, 0.25) is 29.5 Å². The van der Waals surface area contributed by atoms with Crippen molar-refractivity contribution in [3.8, 4) is 0 Å². The van der Waals surface area contributed by atoms with Crippen LogP contribution in [0.1, 0.15) is 112 Å². The van der Waals surface area contributed by atoms with Crippen molar-refractivity contribution in [2.75, 3.05) is 53.2 Å². The summed E-state index contributed by atoms with van der Waals surface area (Å²) in [4.78, 5) is 83.2. The zero-order valence-electron chi connectivity index (χ0n) is 34.5. The average molecular weight is 785 g/mol. The van der Waals surface area contributed by atoms with Gasteiger partial charge in [0, 0.05) is 13.6 Å². The summed E-state index contributed by atoms with van der Waals surface area (Å²) in [5.41, 5.74) is 5.44. The van der Waals surface area contributed by atoms with Crippen molar-refractivity contribution < 1.29 is 48.1 Å². The number of likely N-dealkylation sites (N-methyl/N-ethyl adjacent to an activating group) is 1. The molecule has 1 rings (SSSR count). The van der Waals surface area contributed by atoms with Gasteiger partial charge in [-0.05, 0) is 31.1 Å². The number of unbranched alkanes of at least 4 members (excludes halogenated alkanes) is 7. The second-order valence-corrected chi connectivity index (χ2v) is 15.0. The number of carbonyl (C=O) groups is 6. The third-order valence-electron chi connectivity index (χ3n) is 9.95. The Kier molecular flexibility index (Phi) is 25.4. The molecule has 0 bridgehead atoms. The Morgan fingerprint density at radius 1 is 0.818 bits per heavy atom. The van der Waals surface area contributed by atoms with Crippen LogP contribution < -0.4 is 27.0 Å². The molecule has 0 aliphatic carbocycles. The average Bonchev–Trinajstić information content (AvgIpc) is 3.16. The topological polar surface area (TPSA) is 228 Å². The first kappa shape index (κ1) is 49.7. The molecule has 0 aromatic heterocycles. The third kappa shape index (κ3) is 18.9. The maximum Gasteiger partial charge on any atom is 0.325 e. The first-order chi connectivity index (χ1) is 26.2. The van der Waals surface area contributed by atoms with Crippen LogP contribution in [-0.4, -0.2) is 129 Å². The largest absolute Gasteiger partial charge is 0.460 e. The van der Waals surface area contributed by atoms with Gasteiger partial charge in [0.05, 0.1) is 39.0 Å². The molecular formula is C39H72N6O10. The predicted molar refractivity (Wildman–Crippen MR) is 208 cm³/mol. The molecule has 1 fully saturated rings. The van der Waals surface area contributed by atoms with Crippen LogP contribution in [0.5, 0.6) is 0 Å². The van der Waals surface area contributed by atoms with Crippen molar-refractivity contribution >= 4 is 35.5 Å². The quantitative estimate of drug-likeness (QED) is 0.0723. The number of aliphatic hydroxyl groups excluding tert-OH is 1. The molecule has 7 atom stereocenters. The number of ether oxygens (including phenoxy) is 3. The predicted octanol–water partition coefficient (Wildman–Crippen LogP) is 1.55. The van der Waals surface area contributed by atoms with Gasteiger partial charge in [-0.15, -0.1) is 0 Å². The summed E-state index contributed by atoms with van der Waals surface area (Å²) in [7, 11) is 1.53. The van der Waals surface area contributed by atoms with Gasteiger partial charge in [-0.3, -0.25) is 28.8 Å². The van der Waals surface area contributed by atoms with E-state index in [4.69, 9.17) is 19.9 Å². The normalized spacial score (nSPS) is 24.6. The zero-order valence-corrected chi connectivity index (χ0v) is 34.5. The lowest BCUT2D eigenvalue weighted by atomic mass is 9.94. The van der Waals surface area contributed by atoms with E-state index in [1.165, 1.54) is 31.2 Å². The van der Waals surface area contributed by atoms with E-state index >= 15 is 0 Å². The summed E-state index contributed by atoms with van der Waals surface area (Å²) in [6.45, 7) is 10.4. The summed E-state index contributed by atoms with van der Waals surface area (Å²) in [6, 6.07) is -4.93. The summed E-state index contributed by atoms with van der Waals surface area (Å²) >= 11 is 0. The number of amides is 5. The molecule has 1 aliphatic rings. The molecule has 5 amide bonds. The Morgan fingerprint density at radius 3 is 2.04 bits per heavy atom. The minimum atomic E-state index is -1.50. The van der Waals surface area contributed by atoms with Crippen LogP contribution in [0.4, 0.5) is 0 Å². The van der Waals surface area contributed by atoms with Crippen LogP contribution in [-0.2, 0) is 43.0 Å². The third-order valence-corrected chi connectivity index (χ3v) is 9.95. The van der Waals surface area contributed by atoms with E-state index in [1.54, 1.807) is 13.8 Å². The maximum atomic E-state index is 14.1. The van der Waals surface area contributed by atoms with E-state index in [9.17, 15) is 33.9 Å². The number of esters is 1. The van der Waals surface area contributed by atoms with Gasteiger partial charge < -0.3 is 51.2 Å². The highest BCUT2D eigenvalue weighted by Gasteiger charge is 2.38. The Bertz CT molecular complexity index is 1170. The van der Waals surface area contributed by atoms with Gasteiger partial charge in [-0.25, -0.2) is 0 Å². The highest BCUT2D eigenvalue weighted by atomic mass is 16.5. The molecule has 1 unspecified atom stereocenters. The first-order valence-electron chi connectivity index (χ1n) is 20.3. The second kappa shape index (κ2) is 28.1. The van der Waals surface area contributed by atoms with Crippen LogP contribution >= 0.6 is 0 Å². The van der Waals surface area contributed by atoms with Gasteiger partial charge in [0.1, 0.15) is 36.8 Å². The van der Waals surface area contributed by atoms with Crippen molar-refractivity contribution in [2.24, 2.45) is 23.5 Å². The van der Waals surface area contributed by atoms with Crippen LogP contribution in [0.2, 0.25) is 0 Å². The molecule has 1 aliphatic heterocycles. The summed E-state index contributed by atoms with van der Waals surface area (Å²) in [5.74, 6) is -5.39. The van der Waals surface area contributed by atoms with Crippen molar-refractivity contribution in [3.63, 3.8) is 0 Å². The Morgan fingerprint density at radius 2 is 1.44 bits per heavy atom. The number of hydrogen-bond donors (Lipinski definition) is 6. The highest BCUT2D eigenvalue weighted by molar-refractivity contribution is 5.96. The lowest BCUT2D eigenvalue weighted by molar-refractivity contribution is -0.157. The number of carbonyl (C=O) groups excluding carboxylic acids is 6. The smallest absolute Gasteiger partial charge is 0.325 e. The SMILES string of the molecule is CCCCCCCCCC[C@H]1OC(=O)CNC(=O)[C@H](COCCOCCN)NC(=O)[C@H](CO)NC(=O)[C@H](C(C)CC)NC(=O)[C@H](CC(C)C)N(C)C(=O)[C@@H]1C. The summed E-state index contributed by atoms with van der Waals surface area (Å²) in [6.07, 6.45) is 8.72. The van der Waals surface area contributed by atoms with Gasteiger partial charge in [-0.2, -0.15) is 0 Å². The molecule has 0 saturated carbocycles. The molecule has 0 aromatic carbocycles. The number of cyclic esters (lactones) is 1. The van der Waals surface area contributed by atoms with Crippen molar-refractivity contribution in [2.45, 2.75) is 142 Å². The number of hydrogen-bond acceptors (Lipinski definition) is 11. The Balaban J connectivity index is 3.50. The summed E-state index contributed by atoms with van der Waals surface area (Å²) < 4.78 is 16.7. The molecule has 55 heavy (non-hydrogen) atoms. The van der Waals surface area contributed by atoms with E-state index in [1.807, 2.05) is 20.8 Å². The fourth-order valence-corrected chi connectivity index (χ4v) is 6.27. The number of nitrogens with zero attached hydrogens (tertiary/aromatic N) is 1. The molecule has 318 valence electrons. The van der Waals surface area contributed by atoms with Gasteiger partial charge in [0.25, 0.3) is 0 Å². The van der Waals surface area contributed by atoms with Crippen LogP contribution in [0.3, 0.4) is 0 Å². The Hall–Kier alpha value is -3.34. The van der Waals surface area contributed by atoms with E-state index in [0.717, 1.165) is 25.7 Å². The fourth-order valence-electron chi connectivity index (χ4n) is 6.27. The van der Waals surface area contributed by atoms with E-state index in [0.29, 0.717) is 32.4 Å². The standard InChI is InChI=1S/C39H72N6O10/c1-8-10-11-12-13-14-15-16-17-32-28(6)39(52)45(7)31(22-26(3)4)37(50)44-34(27(5)9-2)38(51)42-29(24-46)36(49)43-30(25-54-21-20-53-19-18-40)35(48)41-23-33(47)55-32/h26-32,34,46H,8-25,40H2,1-7H3,(H,41,48)(H,42,51)(H,43,49)(H,44,50)/t27?,28-,29+,30+,31+,32-,34+/m1/s1. The van der Waals surface area contributed by atoms with Crippen molar-refractivity contribution in [1.82, 2.24) is 26.2 Å². The number of nitrogens with one attached hydrogen (secondary N) is 4. The highest BCUT2D eigenvalue weighted by Crippen LogP contribution is 2.22. The molecule has 16 nitrogen and oxygen atoms in total. The molecule has 7 N–H and O–H groups in total. The minimum absolute atomic E-state index is 0.00814. The minimum Gasteiger partial charge on any atom is -0.460 e. The van der Waals surface area contributed by atoms with Crippen LogP contribution in [0.25, 0.3) is 0 Å². The van der Waals surface area contributed by atoms with Crippen molar-refractivity contribution in [1.29, 1.82) is 0 Å². The summed E-state index contributed by atoms with van der Waals surface area (Å²) in [5, 5.41) is 20.4. The second-order valence-electron chi connectivity index (χ2n) is 15.0. The molecule has 1 heterocycles. The van der Waals surface area contributed by atoms with Gasteiger partial charge in [0.15, 0.2) is 0 Å². The maximum absolute atomic E-state index is 14.1. The molecule has 16 heteroatoms. The Labute approximate surface area is 328 Å². The van der Waals surface area contributed by atoms with Gasteiger partial charge in [-0.1, -0.05) is 92.9 Å². The molecular weight excluding hydrogens is 712 g/mol. The van der Waals surface area contributed by atoms with Crippen LogP contribution in [0, 0.1) is 17.8 Å². The van der Waals surface area contributed by atoms with Crippen molar-refractivity contribution in [3.05, 3.63) is 0 Å². The number of aliphatic hydroxyl groups is 1. The van der Waals surface area contributed by atoms with E-state index in [2.05, 4.69) is 28.2 Å².